The summed E-state index contributed by atoms with van der Waals surface area (Å²) in [6.07, 6.45) is -3.99. The van der Waals surface area contributed by atoms with Gasteiger partial charge in [0.15, 0.2) is 0 Å². The number of carbonyl (C=O) groups excluding carboxylic acids is 2. The Morgan fingerprint density at radius 3 is 2.42 bits per heavy atom. The summed E-state index contributed by atoms with van der Waals surface area (Å²) in [5.74, 6) is -0.732. The molecule has 1 aliphatic heterocycles. The van der Waals surface area contributed by atoms with Gasteiger partial charge in [-0.2, -0.15) is 17.5 Å². The first-order valence-electron chi connectivity index (χ1n) is 12.1. The second-order valence-electron chi connectivity index (χ2n) is 10.6. The van der Waals surface area contributed by atoms with Crippen molar-refractivity contribution in [2.45, 2.75) is 82.1 Å². The van der Waals surface area contributed by atoms with Gasteiger partial charge in [-0.25, -0.2) is 8.42 Å². The molecule has 0 radical (unpaired) electrons. The van der Waals surface area contributed by atoms with Crippen LogP contribution in [0.4, 0.5) is 18.0 Å². The number of alkyl halides is 3. The maximum Gasteiger partial charge on any atom is 0.416 e. The Morgan fingerprint density at radius 2 is 1.86 bits per heavy atom. The van der Waals surface area contributed by atoms with Gasteiger partial charge in [0, 0.05) is 24.7 Å². The zero-order chi connectivity index (χ0) is 27.1. The Hall–Kier alpha value is -2.34. The Morgan fingerprint density at radius 1 is 1.19 bits per heavy atom. The van der Waals surface area contributed by atoms with Crippen LogP contribution in [0.2, 0.25) is 0 Å². The highest BCUT2D eigenvalue weighted by atomic mass is 32.2. The molecule has 0 unspecified atom stereocenters. The largest absolute Gasteiger partial charge is 0.530 e. The van der Waals surface area contributed by atoms with Gasteiger partial charge < -0.3 is 20.1 Å². The molecule has 8 nitrogen and oxygen atoms in total. The Bertz CT molecular complexity index is 1090. The average molecular weight is 533 g/mol. The number of rotatable bonds is 7. The van der Waals surface area contributed by atoms with Gasteiger partial charge >= 0.3 is 6.18 Å². The molecule has 2 amide bonds. The van der Waals surface area contributed by atoms with Crippen LogP contribution in [0.25, 0.3) is 0 Å². The lowest BCUT2D eigenvalue weighted by Gasteiger charge is -2.43. The number of carbonyl (C=O) groups is 2. The van der Waals surface area contributed by atoms with Crippen LogP contribution in [0.5, 0.6) is 0 Å². The Kier molecular flexibility index (Phi) is 8.00. The molecule has 36 heavy (non-hydrogen) atoms. The number of hydrogen-bond acceptors (Lipinski definition) is 5. The summed E-state index contributed by atoms with van der Waals surface area (Å²) in [5, 5.41) is 14.8. The van der Waals surface area contributed by atoms with E-state index in [9.17, 15) is 36.3 Å². The quantitative estimate of drug-likeness (QED) is 0.581. The molecule has 1 saturated heterocycles. The van der Waals surface area contributed by atoms with Gasteiger partial charge in [0.25, 0.3) is 0 Å². The monoisotopic (exact) mass is 532 g/mol. The van der Waals surface area contributed by atoms with Gasteiger partial charge in [0.05, 0.1) is 10.5 Å². The average Bonchev–Trinajstić information content (AvgIpc) is 3.34. The minimum absolute atomic E-state index is 0.0552. The molecule has 1 aromatic carbocycles. The predicted molar refractivity (Wildman–Crippen MR) is 124 cm³/mol. The zero-order valence-electron chi connectivity index (χ0n) is 20.8. The second kappa shape index (κ2) is 10.2. The molecule has 202 valence electrons. The van der Waals surface area contributed by atoms with E-state index in [1.807, 2.05) is 6.92 Å². The van der Waals surface area contributed by atoms with Crippen LogP contribution in [0.3, 0.4) is 0 Å². The van der Waals surface area contributed by atoms with E-state index in [2.05, 4.69) is 5.32 Å². The van der Waals surface area contributed by atoms with Gasteiger partial charge in [0.2, 0.25) is 15.9 Å². The van der Waals surface area contributed by atoms with Crippen molar-refractivity contribution in [1.29, 1.82) is 0 Å². The van der Waals surface area contributed by atoms with Crippen molar-refractivity contribution in [2.75, 3.05) is 13.1 Å². The number of benzene rings is 1. The summed E-state index contributed by atoms with van der Waals surface area (Å²) < 4.78 is 66.8. The first kappa shape index (κ1) is 28.2. The van der Waals surface area contributed by atoms with Crippen LogP contribution in [-0.2, 0) is 21.0 Å². The molecule has 0 spiro atoms. The molecule has 2 fully saturated rings. The summed E-state index contributed by atoms with van der Waals surface area (Å²) in [6, 6.07) is 2.36. The SMILES string of the molecule is CCC[C@@H](C(=O)N[C@@H]1CC[C@H]2CN(S(=O)(=O)c3cccc(C(F)(F)F)c3)C[C@H]21)N(C(=O)[O-])C(C)(C)C. The first-order valence-corrected chi connectivity index (χ1v) is 13.5. The Balaban J connectivity index is 1.76. The number of nitrogens with one attached hydrogen (secondary N) is 1. The lowest BCUT2D eigenvalue weighted by Crippen LogP contribution is -2.61. The van der Waals surface area contributed by atoms with Gasteiger partial charge in [-0.1, -0.05) is 19.4 Å². The Labute approximate surface area is 209 Å². The van der Waals surface area contributed by atoms with Crippen molar-refractivity contribution < 1.29 is 36.3 Å². The molecule has 12 heteroatoms. The summed E-state index contributed by atoms with van der Waals surface area (Å²) in [7, 11) is -4.16. The summed E-state index contributed by atoms with van der Waals surface area (Å²) in [4.78, 5) is 25.7. The molecule has 1 N–H and O–H groups in total. The summed E-state index contributed by atoms with van der Waals surface area (Å²) in [6.45, 7) is 7.10. The van der Waals surface area contributed by atoms with Crippen molar-refractivity contribution in [1.82, 2.24) is 14.5 Å². The van der Waals surface area contributed by atoms with Gasteiger partial charge in [-0.15, -0.1) is 0 Å². The number of fused-ring (bicyclic) bond motifs is 1. The number of carboxylic acid groups (broad SMARTS) is 1. The van der Waals surface area contributed by atoms with Crippen LogP contribution in [0.15, 0.2) is 29.2 Å². The van der Waals surface area contributed by atoms with E-state index in [-0.39, 0.29) is 31.0 Å². The molecule has 3 rings (SSSR count). The maximum absolute atomic E-state index is 13.2. The maximum atomic E-state index is 13.2. The van der Waals surface area contributed by atoms with E-state index in [1.54, 1.807) is 20.8 Å². The molecule has 0 bridgehead atoms. The van der Waals surface area contributed by atoms with E-state index >= 15 is 0 Å². The molecular formula is C24H33F3N3O5S-. The second-order valence-corrected chi connectivity index (χ2v) is 12.5. The normalized spacial score (nSPS) is 23.8. The van der Waals surface area contributed by atoms with Crippen molar-refractivity contribution in [3.8, 4) is 0 Å². The predicted octanol–water partition coefficient (Wildman–Crippen LogP) is 2.83. The minimum Gasteiger partial charge on any atom is -0.530 e. The fourth-order valence-corrected chi connectivity index (χ4v) is 6.96. The number of hydrogen-bond donors (Lipinski definition) is 1. The molecule has 1 heterocycles. The molecule has 2 aliphatic rings. The lowest BCUT2D eigenvalue weighted by molar-refractivity contribution is -0.273. The van der Waals surface area contributed by atoms with Crippen LogP contribution in [-0.4, -0.2) is 60.3 Å². The van der Waals surface area contributed by atoms with E-state index in [1.165, 1.54) is 4.31 Å². The van der Waals surface area contributed by atoms with Crippen LogP contribution in [0.1, 0.15) is 58.9 Å². The third-order valence-electron chi connectivity index (χ3n) is 7.05. The molecule has 4 atom stereocenters. The van der Waals surface area contributed by atoms with Crippen molar-refractivity contribution in [3.05, 3.63) is 29.8 Å². The van der Waals surface area contributed by atoms with Crippen LogP contribution >= 0.6 is 0 Å². The first-order chi connectivity index (χ1) is 16.6. The summed E-state index contributed by atoms with van der Waals surface area (Å²) in [5.41, 5.74) is -1.90. The van der Waals surface area contributed by atoms with E-state index in [0.717, 1.165) is 23.1 Å². The van der Waals surface area contributed by atoms with Crippen LogP contribution < -0.4 is 10.4 Å². The number of nitrogens with zero attached hydrogens (tertiary/aromatic N) is 2. The van der Waals surface area contributed by atoms with Gasteiger partial charge in [0.1, 0.15) is 12.1 Å². The molecule has 0 aromatic heterocycles. The van der Waals surface area contributed by atoms with Crippen molar-refractivity contribution in [2.24, 2.45) is 11.8 Å². The fraction of sp³-hybridized carbons (Fsp3) is 0.667. The number of sulfonamides is 1. The highest BCUT2D eigenvalue weighted by Crippen LogP contribution is 2.41. The van der Waals surface area contributed by atoms with Crippen molar-refractivity contribution in [3.63, 3.8) is 0 Å². The van der Waals surface area contributed by atoms with Gasteiger partial charge in [-0.3, -0.25) is 4.79 Å². The highest BCUT2D eigenvalue weighted by molar-refractivity contribution is 7.89. The fourth-order valence-electron chi connectivity index (χ4n) is 5.38. The van der Waals surface area contributed by atoms with E-state index < -0.39 is 50.2 Å². The van der Waals surface area contributed by atoms with Crippen LogP contribution in [0, 0.1) is 11.8 Å². The topological polar surface area (TPSA) is 110 Å². The standard InChI is InChI=1S/C24H34F3N3O5S/c1-5-7-20(30(22(32)33)23(2,3)4)21(31)28-19-11-10-15-13-29(14-18(15)19)36(34,35)17-9-6-8-16(12-17)24(25,26)27/h6,8-9,12,15,18-20H,5,7,10-11,13-14H2,1-4H3,(H,28,31)(H,32,33)/p-1/t15-,18+,19+,20-/m0/s1. The van der Waals surface area contributed by atoms with E-state index in [4.69, 9.17) is 0 Å². The third kappa shape index (κ3) is 5.80. The smallest absolute Gasteiger partial charge is 0.416 e. The molecule has 1 aliphatic carbocycles. The molecule has 1 saturated carbocycles. The van der Waals surface area contributed by atoms with Crippen molar-refractivity contribution >= 4 is 22.0 Å². The number of amides is 2. The lowest BCUT2D eigenvalue weighted by atomic mass is 9.96. The van der Waals surface area contributed by atoms with E-state index in [0.29, 0.717) is 31.7 Å². The summed E-state index contributed by atoms with van der Waals surface area (Å²) >= 11 is 0. The minimum atomic E-state index is -4.66. The highest BCUT2D eigenvalue weighted by Gasteiger charge is 2.47. The zero-order valence-corrected chi connectivity index (χ0v) is 21.7. The van der Waals surface area contributed by atoms with Gasteiger partial charge in [-0.05, 0) is 70.1 Å². The molecular weight excluding hydrogens is 499 g/mol. The molecule has 1 aromatic rings. The number of halogens is 3. The third-order valence-corrected chi connectivity index (χ3v) is 8.87.